The molecule has 3 heterocycles. The molecule has 1 atom stereocenters. The van der Waals surface area contributed by atoms with E-state index >= 15 is 0 Å². The fourth-order valence-electron chi connectivity index (χ4n) is 3.07. The lowest BCUT2D eigenvalue weighted by molar-refractivity contribution is 0.0514. The third kappa shape index (κ3) is 3.33. The minimum atomic E-state index is -0.443. The van der Waals surface area contributed by atoms with Crippen LogP contribution >= 0.6 is 0 Å². The molecule has 1 unspecified atom stereocenters. The van der Waals surface area contributed by atoms with Crippen LogP contribution < -0.4 is 0 Å². The molecular weight excluding hydrogens is 266 g/mol. The van der Waals surface area contributed by atoms with Gasteiger partial charge >= 0.3 is 0 Å². The van der Waals surface area contributed by atoms with Gasteiger partial charge in [0.1, 0.15) is 11.9 Å². The predicted molar refractivity (Wildman–Crippen MR) is 79.6 cm³/mol. The van der Waals surface area contributed by atoms with Gasteiger partial charge in [0, 0.05) is 32.2 Å². The lowest BCUT2D eigenvalue weighted by Crippen LogP contribution is -2.37. The molecule has 3 rings (SSSR count). The number of piperidine rings is 1. The highest BCUT2D eigenvalue weighted by Gasteiger charge is 2.28. The molecule has 1 fully saturated rings. The molecule has 1 aliphatic rings. The van der Waals surface area contributed by atoms with Gasteiger partial charge in [-0.1, -0.05) is 0 Å². The van der Waals surface area contributed by atoms with Crippen LogP contribution in [0.5, 0.6) is 0 Å². The summed E-state index contributed by atoms with van der Waals surface area (Å²) in [6.45, 7) is 3.15. The number of H-pyrrole nitrogens is 1. The normalized spacial score (nSPS) is 19.0. The molecule has 21 heavy (non-hydrogen) atoms. The van der Waals surface area contributed by atoms with Crippen molar-refractivity contribution in [3.63, 3.8) is 0 Å². The highest BCUT2D eigenvalue weighted by atomic mass is 16.3. The molecule has 0 bridgehead atoms. The van der Waals surface area contributed by atoms with E-state index in [1.807, 2.05) is 30.2 Å². The monoisotopic (exact) mass is 289 g/mol. The number of hydrogen-bond acceptors (Lipinski definition) is 4. The Morgan fingerprint density at radius 3 is 2.86 bits per heavy atom. The first-order valence-corrected chi connectivity index (χ1v) is 7.59. The fraction of sp³-hybridized carbons (Fsp3) is 0.600. The number of imidazole rings is 1. The second-order valence-corrected chi connectivity index (χ2v) is 5.88. The number of likely N-dealkylation sites (tertiary alicyclic amines) is 1. The van der Waals surface area contributed by atoms with Gasteiger partial charge < -0.3 is 14.6 Å². The Labute approximate surface area is 124 Å². The largest absolute Gasteiger partial charge is 0.385 e. The molecule has 0 aliphatic carbocycles. The summed E-state index contributed by atoms with van der Waals surface area (Å²) in [5, 5.41) is 17.3. The Morgan fingerprint density at radius 1 is 1.43 bits per heavy atom. The summed E-state index contributed by atoms with van der Waals surface area (Å²) >= 11 is 0. The zero-order chi connectivity index (χ0) is 14.7. The third-order valence-electron chi connectivity index (χ3n) is 4.47. The average molecular weight is 289 g/mol. The minimum Gasteiger partial charge on any atom is -0.385 e. The maximum atomic E-state index is 10.5. The molecular formula is C15H23N5O. The second-order valence-electron chi connectivity index (χ2n) is 5.88. The quantitative estimate of drug-likeness (QED) is 0.866. The van der Waals surface area contributed by atoms with Crippen molar-refractivity contribution in [3.05, 3.63) is 36.2 Å². The first-order chi connectivity index (χ1) is 10.2. The van der Waals surface area contributed by atoms with E-state index in [4.69, 9.17) is 0 Å². The van der Waals surface area contributed by atoms with Crippen molar-refractivity contribution in [1.29, 1.82) is 0 Å². The Balaban J connectivity index is 1.47. The van der Waals surface area contributed by atoms with Gasteiger partial charge in [0.2, 0.25) is 0 Å². The number of aromatic nitrogens is 4. The van der Waals surface area contributed by atoms with Crippen molar-refractivity contribution in [2.24, 2.45) is 13.0 Å². The third-order valence-corrected chi connectivity index (χ3v) is 4.47. The SMILES string of the molecule is Cn1ccnc1C(O)C1CCN(CCc2cn[nH]c2)CC1. The topological polar surface area (TPSA) is 70.0 Å². The molecule has 114 valence electrons. The number of hydrogen-bond donors (Lipinski definition) is 2. The van der Waals surface area contributed by atoms with E-state index in [2.05, 4.69) is 20.1 Å². The average Bonchev–Trinajstić information content (AvgIpc) is 3.16. The highest BCUT2D eigenvalue weighted by molar-refractivity contribution is 5.03. The smallest absolute Gasteiger partial charge is 0.137 e. The molecule has 1 aliphatic heterocycles. The van der Waals surface area contributed by atoms with Crippen LogP contribution in [-0.2, 0) is 13.5 Å². The van der Waals surface area contributed by atoms with Crippen LogP contribution in [0.2, 0.25) is 0 Å². The van der Waals surface area contributed by atoms with E-state index in [0.717, 1.165) is 44.7 Å². The molecule has 0 saturated carbocycles. The van der Waals surface area contributed by atoms with Gasteiger partial charge in [-0.3, -0.25) is 5.10 Å². The summed E-state index contributed by atoms with van der Waals surface area (Å²) in [4.78, 5) is 6.74. The molecule has 0 spiro atoms. The summed E-state index contributed by atoms with van der Waals surface area (Å²) < 4.78 is 1.91. The van der Waals surface area contributed by atoms with Crippen molar-refractivity contribution in [3.8, 4) is 0 Å². The molecule has 2 N–H and O–H groups in total. The molecule has 2 aromatic heterocycles. The zero-order valence-corrected chi connectivity index (χ0v) is 12.4. The van der Waals surface area contributed by atoms with E-state index in [1.165, 1.54) is 5.56 Å². The zero-order valence-electron chi connectivity index (χ0n) is 12.4. The van der Waals surface area contributed by atoms with Crippen LogP contribution in [0, 0.1) is 5.92 Å². The fourth-order valence-corrected chi connectivity index (χ4v) is 3.07. The van der Waals surface area contributed by atoms with Crippen LogP contribution in [0.15, 0.2) is 24.8 Å². The van der Waals surface area contributed by atoms with Gasteiger partial charge in [-0.15, -0.1) is 0 Å². The Morgan fingerprint density at radius 2 is 2.24 bits per heavy atom. The number of aliphatic hydroxyl groups excluding tert-OH is 1. The molecule has 6 heteroatoms. The van der Waals surface area contributed by atoms with Crippen molar-refractivity contribution in [2.45, 2.75) is 25.4 Å². The summed E-state index contributed by atoms with van der Waals surface area (Å²) in [7, 11) is 1.94. The van der Waals surface area contributed by atoms with Crippen molar-refractivity contribution in [2.75, 3.05) is 19.6 Å². The van der Waals surface area contributed by atoms with Gasteiger partial charge in [-0.2, -0.15) is 5.10 Å². The molecule has 1 saturated heterocycles. The number of aromatic amines is 1. The Kier molecular flexibility index (Phi) is 4.36. The van der Waals surface area contributed by atoms with E-state index in [1.54, 1.807) is 6.20 Å². The summed E-state index contributed by atoms with van der Waals surface area (Å²) in [6, 6.07) is 0. The van der Waals surface area contributed by atoms with Gasteiger partial charge in [0.05, 0.1) is 6.20 Å². The molecule has 0 radical (unpaired) electrons. The molecule has 6 nitrogen and oxygen atoms in total. The summed E-state index contributed by atoms with van der Waals surface area (Å²) in [6.07, 6.45) is 10.1. The predicted octanol–water partition coefficient (Wildman–Crippen LogP) is 1.13. The lowest BCUT2D eigenvalue weighted by atomic mass is 9.90. The minimum absolute atomic E-state index is 0.316. The van der Waals surface area contributed by atoms with Gasteiger partial charge in [-0.25, -0.2) is 4.98 Å². The van der Waals surface area contributed by atoms with Crippen LogP contribution in [0.4, 0.5) is 0 Å². The summed E-state index contributed by atoms with van der Waals surface area (Å²) in [5.41, 5.74) is 1.25. The molecule has 2 aromatic rings. The van der Waals surface area contributed by atoms with Gasteiger partial charge in [-0.05, 0) is 43.8 Å². The van der Waals surface area contributed by atoms with Crippen molar-refractivity contribution < 1.29 is 5.11 Å². The second kappa shape index (κ2) is 6.41. The Bertz CT molecular complexity index is 542. The molecule has 0 amide bonds. The van der Waals surface area contributed by atoms with Crippen LogP contribution in [0.25, 0.3) is 0 Å². The number of nitrogens with one attached hydrogen (secondary N) is 1. The standard InChI is InChI=1S/C15H23N5O/c1-19-9-5-16-15(19)14(21)13-3-7-20(8-4-13)6-2-12-10-17-18-11-12/h5,9-11,13-14,21H,2-4,6-8H2,1H3,(H,17,18). The van der Waals surface area contributed by atoms with Crippen molar-refractivity contribution in [1.82, 2.24) is 24.6 Å². The molecule has 0 aromatic carbocycles. The first kappa shape index (κ1) is 14.3. The van der Waals surface area contributed by atoms with Crippen LogP contribution in [0.1, 0.15) is 30.3 Å². The number of rotatable bonds is 5. The maximum absolute atomic E-state index is 10.5. The van der Waals surface area contributed by atoms with Gasteiger partial charge in [0.25, 0.3) is 0 Å². The van der Waals surface area contributed by atoms with Crippen molar-refractivity contribution >= 4 is 0 Å². The van der Waals surface area contributed by atoms with Gasteiger partial charge in [0.15, 0.2) is 0 Å². The number of aryl methyl sites for hydroxylation is 1. The summed E-state index contributed by atoms with van der Waals surface area (Å²) in [5.74, 6) is 1.10. The van der Waals surface area contributed by atoms with E-state index in [9.17, 15) is 5.11 Å². The Hall–Kier alpha value is -1.66. The lowest BCUT2D eigenvalue weighted by Gasteiger charge is -2.33. The van der Waals surface area contributed by atoms with E-state index < -0.39 is 6.10 Å². The first-order valence-electron chi connectivity index (χ1n) is 7.59. The maximum Gasteiger partial charge on any atom is 0.137 e. The van der Waals surface area contributed by atoms with E-state index in [-0.39, 0.29) is 0 Å². The van der Waals surface area contributed by atoms with E-state index in [0.29, 0.717) is 5.92 Å². The van der Waals surface area contributed by atoms with Crippen LogP contribution in [0.3, 0.4) is 0 Å². The van der Waals surface area contributed by atoms with Crippen LogP contribution in [-0.4, -0.2) is 49.4 Å². The highest BCUT2D eigenvalue weighted by Crippen LogP contribution is 2.29. The number of aliphatic hydroxyl groups is 1. The number of nitrogens with zero attached hydrogens (tertiary/aromatic N) is 4.